The van der Waals surface area contributed by atoms with E-state index in [0.29, 0.717) is 24.3 Å². The van der Waals surface area contributed by atoms with Crippen LogP contribution in [0.5, 0.6) is 0 Å². The molecule has 6 heteroatoms. The molecule has 0 saturated carbocycles. The van der Waals surface area contributed by atoms with Crippen LogP contribution in [0.2, 0.25) is 0 Å². The van der Waals surface area contributed by atoms with Crippen molar-refractivity contribution in [2.45, 2.75) is 6.42 Å². The zero-order valence-electron chi connectivity index (χ0n) is 9.80. The van der Waals surface area contributed by atoms with Gasteiger partial charge in [-0.05, 0) is 12.1 Å². The maximum absolute atomic E-state index is 11.1. The van der Waals surface area contributed by atoms with Crippen molar-refractivity contribution in [1.29, 1.82) is 5.26 Å². The van der Waals surface area contributed by atoms with E-state index in [1.807, 2.05) is 6.07 Å². The van der Waals surface area contributed by atoms with Gasteiger partial charge in [0.1, 0.15) is 11.4 Å². The Bertz CT molecular complexity index is 453. The Hall–Kier alpha value is -2.29. The molecule has 0 spiro atoms. The number of nitro groups is 1. The molecule has 0 saturated heterocycles. The summed E-state index contributed by atoms with van der Waals surface area (Å²) in [6.45, 7) is 0.463. The van der Waals surface area contributed by atoms with E-state index in [-0.39, 0.29) is 5.69 Å². The number of nitriles is 1. The Morgan fingerprint density at radius 2 is 2.29 bits per heavy atom. The smallest absolute Gasteiger partial charge is 0.315 e. The van der Waals surface area contributed by atoms with Crippen molar-refractivity contribution in [1.82, 2.24) is 0 Å². The summed E-state index contributed by atoms with van der Waals surface area (Å²) in [7, 11) is 3.38. The molecular formula is C11H14N4O2. The molecule has 0 fully saturated rings. The number of anilines is 2. The molecule has 6 nitrogen and oxygen atoms in total. The fraction of sp³-hybridized carbons (Fsp3) is 0.364. The molecule has 1 rings (SSSR count). The molecular weight excluding hydrogens is 220 g/mol. The molecule has 17 heavy (non-hydrogen) atoms. The molecule has 1 N–H and O–H groups in total. The van der Waals surface area contributed by atoms with Crippen LogP contribution < -0.4 is 10.2 Å². The van der Waals surface area contributed by atoms with Gasteiger partial charge in [0.25, 0.3) is 0 Å². The lowest BCUT2D eigenvalue weighted by molar-refractivity contribution is -0.383. The third kappa shape index (κ3) is 2.84. The van der Waals surface area contributed by atoms with Gasteiger partial charge in [-0.15, -0.1) is 0 Å². The molecule has 0 heterocycles. The third-order valence-corrected chi connectivity index (χ3v) is 2.44. The molecule has 0 bridgehead atoms. The fourth-order valence-electron chi connectivity index (χ4n) is 1.57. The molecule has 0 aromatic heterocycles. The van der Waals surface area contributed by atoms with Gasteiger partial charge in [-0.25, -0.2) is 0 Å². The minimum Gasteiger partial charge on any atom is -0.382 e. The van der Waals surface area contributed by atoms with Crippen molar-refractivity contribution in [3.8, 4) is 6.07 Å². The maximum Gasteiger partial charge on any atom is 0.315 e. The van der Waals surface area contributed by atoms with E-state index in [4.69, 9.17) is 5.26 Å². The highest BCUT2D eigenvalue weighted by atomic mass is 16.6. The molecule has 1 aromatic carbocycles. The molecule has 0 atom stereocenters. The minimum atomic E-state index is -0.413. The number of nitrogens with zero attached hydrogens (tertiary/aromatic N) is 3. The van der Waals surface area contributed by atoms with Gasteiger partial charge in [-0.3, -0.25) is 10.1 Å². The van der Waals surface area contributed by atoms with Crippen LogP contribution in [-0.2, 0) is 0 Å². The highest BCUT2D eigenvalue weighted by Crippen LogP contribution is 2.34. The highest BCUT2D eigenvalue weighted by molar-refractivity contribution is 5.76. The van der Waals surface area contributed by atoms with Crippen LogP contribution in [0.25, 0.3) is 0 Å². The zero-order valence-corrected chi connectivity index (χ0v) is 9.80. The highest BCUT2D eigenvalue weighted by Gasteiger charge is 2.21. The first-order valence-electron chi connectivity index (χ1n) is 5.15. The van der Waals surface area contributed by atoms with Gasteiger partial charge in [0.15, 0.2) is 0 Å². The number of hydrogen-bond donors (Lipinski definition) is 1. The molecule has 0 aliphatic rings. The molecule has 90 valence electrons. The van der Waals surface area contributed by atoms with Crippen LogP contribution >= 0.6 is 0 Å². The standard InChI is InChI=1S/C11H14N4O2/c1-13-9-5-3-6-10(11(9)15(16)17)14(2)8-4-7-12/h3,5-6,13H,4,8H2,1-2H3. The van der Waals surface area contributed by atoms with Gasteiger partial charge >= 0.3 is 5.69 Å². The third-order valence-electron chi connectivity index (χ3n) is 2.44. The lowest BCUT2D eigenvalue weighted by Gasteiger charge is -2.18. The summed E-state index contributed by atoms with van der Waals surface area (Å²) in [6, 6.07) is 7.10. The quantitative estimate of drug-likeness (QED) is 0.622. The predicted molar refractivity (Wildman–Crippen MR) is 66.1 cm³/mol. The van der Waals surface area contributed by atoms with Crippen LogP contribution in [0.3, 0.4) is 0 Å². The van der Waals surface area contributed by atoms with E-state index >= 15 is 0 Å². The van der Waals surface area contributed by atoms with Crippen LogP contribution in [-0.4, -0.2) is 25.6 Å². The largest absolute Gasteiger partial charge is 0.382 e. The van der Waals surface area contributed by atoms with Crippen molar-refractivity contribution >= 4 is 17.1 Å². The molecule has 0 unspecified atom stereocenters. The van der Waals surface area contributed by atoms with Gasteiger partial charge in [-0.1, -0.05) is 6.07 Å². The van der Waals surface area contributed by atoms with Crippen molar-refractivity contribution in [2.24, 2.45) is 0 Å². The summed E-state index contributed by atoms with van der Waals surface area (Å²) in [4.78, 5) is 12.4. The Morgan fingerprint density at radius 1 is 1.59 bits per heavy atom. The van der Waals surface area contributed by atoms with Crippen molar-refractivity contribution in [2.75, 3.05) is 30.9 Å². The second-order valence-electron chi connectivity index (χ2n) is 3.51. The SMILES string of the molecule is CNc1cccc(N(C)CCC#N)c1[N+](=O)[O-]. The molecule has 1 aromatic rings. The van der Waals surface area contributed by atoms with Crippen LogP contribution in [0, 0.1) is 21.4 Å². The summed E-state index contributed by atoms with van der Waals surface area (Å²) >= 11 is 0. The first-order valence-corrected chi connectivity index (χ1v) is 5.15. The molecule has 0 aliphatic carbocycles. The predicted octanol–water partition coefficient (Wildman–Crippen LogP) is 1.99. The van der Waals surface area contributed by atoms with E-state index in [2.05, 4.69) is 5.32 Å². The monoisotopic (exact) mass is 234 g/mol. The summed E-state index contributed by atoms with van der Waals surface area (Å²) < 4.78 is 0. The zero-order chi connectivity index (χ0) is 12.8. The van der Waals surface area contributed by atoms with E-state index in [1.165, 1.54) is 0 Å². The Kier molecular flexibility index (Phi) is 4.29. The average Bonchev–Trinajstić information content (AvgIpc) is 2.34. The van der Waals surface area contributed by atoms with E-state index in [0.717, 1.165) is 0 Å². The van der Waals surface area contributed by atoms with Gasteiger partial charge in [-0.2, -0.15) is 5.26 Å². The van der Waals surface area contributed by atoms with Crippen molar-refractivity contribution < 1.29 is 4.92 Å². The van der Waals surface area contributed by atoms with Gasteiger partial charge < -0.3 is 10.2 Å². The first-order chi connectivity index (χ1) is 8.11. The Morgan fingerprint density at radius 3 is 2.82 bits per heavy atom. The molecule has 0 radical (unpaired) electrons. The summed E-state index contributed by atoms with van der Waals surface area (Å²) in [5.41, 5.74) is 1.02. The Labute approximate surface area is 99.6 Å². The normalized spacial score (nSPS) is 9.47. The number of hydrogen-bond acceptors (Lipinski definition) is 5. The number of para-hydroxylation sites is 1. The molecule has 0 aliphatic heterocycles. The Balaban J connectivity index is 3.14. The maximum atomic E-state index is 11.1. The summed E-state index contributed by atoms with van der Waals surface area (Å²) in [5, 5.41) is 22.4. The second-order valence-corrected chi connectivity index (χ2v) is 3.51. The van der Waals surface area contributed by atoms with Crippen LogP contribution in [0.15, 0.2) is 18.2 Å². The number of rotatable bonds is 5. The van der Waals surface area contributed by atoms with E-state index in [1.54, 1.807) is 37.2 Å². The van der Waals surface area contributed by atoms with Gasteiger partial charge in [0.2, 0.25) is 0 Å². The average molecular weight is 234 g/mol. The lowest BCUT2D eigenvalue weighted by Crippen LogP contribution is -2.19. The van der Waals surface area contributed by atoms with Crippen LogP contribution in [0.1, 0.15) is 6.42 Å². The number of benzene rings is 1. The lowest BCUT2D eigenvalue weighted by atomic mass is 10.2. The van der Waals surface area contributed by atoms with Crippen molar-refractivity contribution in [3.05, 3.63) is 28.3 Å². The summed E-state index contributed by atoms with van der Waals surface area (Å²) in [6.07, 6.45) is 0.331. The second kappa shape index (κ2) is 5.70. The number of nitro benzene ring substituents is 1. The van der Waals surface area contributed by atoms with Gasteiger partial charge in [0, 0.05) is 20.6 Å². The topological polar surface area (TPSA) is 82.2 Å². The van der Waals surface area contributed by atoms with E-state index in [9.17, 15) is 10.1 Å². The van der Waals surface area contributed by atoms with Gasteiger partial charge in [0.05, 0.1) is 17.4 Å². The molecule has 0 amide bonds. The van der Waals surface area contributed by atoms with Crippen molar-refractivity contribution in [3.63, 3.8) is 0 Å². The fourth-order valence-corrected chi connectivity index (χ4v) is 1.57. The van der Waals surface area contributed by atoms with E-state index < -0.39 is 4.92 Å². The number of nitrogens with one attached hydrogen (secondary N) is 1. The summed E-state index contributed by atoms with van der Waals surface area (Å²) in [5.74, 6) is 0. The van der Waals surface area contributed by atoms with Crippen LogP contribution in [0.4, 0.5) is 17.1 Å². The first kappa shape index (κ1) is 12.8. The minimum absolute atomic E-state index is 0.0374.